The third-order valence-corrected chi connectivity index (χ3v) is 16.8. The first-order valence-electron chi connectivity index (χ1n) is 29.0. The van der Waals surface area contributed by atoms with Gasteiger partial charge < -0.3 is 23.1 Å². The summed E-state index contributed by atoms with van der Waals surface area (Å²) in [6.07, 6.45) is 0. The van der Waals surface area contributed by atoms with Crippen LogP contribution in [0.4, 0.5) is 34.1 Å². The van der Waals surface area contributed by atoms with E-state index in [0.717, 1.165) is 133 Å². The van der Waals surface area contributed by atoms with Gasteiger partial charge >= 0.3 is 11.3 Å². The number of para-hydroxylation sites is 1. The highest BCUT2D eigenvalue weighted by atomic mass is 16.4. The topological polar surface area (TPSA) is 80.0 Å². The minimum atomic E-state index is -0.349. The van der Waals surface area contributed by atoms with Crippen molar-refractivity contribution in [1.29, 1.82) is 0 Å². The van der Waals surface area contributed by atoms with Crippen LogP contribution >= 0.6 is 0 Å². The zero-order valence-corrected chi connectivity index (χ0v) is 46.8. The van der Waals surface area contributed by atoms with E-state index in [-0.39, 0.29) is 11.3 Å². The van der Waals surface area contributed by atoms with E-state index in [2.05, 4.69) is 228 Å². The van der Waals surface area contributed by atoms with E-state index in [1.54, 1.807) is 0 Å². The zero-order valence-electron chi connectivity index (χ0n) is 46.8. The smallest absolute Gasteiger partial charge is 0.344 e. The number of furan rings is 1. The number of benzene rings is 13. The molecule has 3 heterocycles. The van der Waals surface area contributed by atoms with Gasteiger partial charge in [-0.2, -0.15) is 0 Å². The van der Waals surface area contributed by atoms with Crippen LogP contribution in [0.1, 0.15) is 0 Å². The summed E-state index contributed by atoms with van der Waals surface area (Å²) in [4.78, 5) is 30.4. The molecule has 0 atom stereocenters. The van der Waals surface area contributed by atoms with Crippen LogP contribution in [0, 0.1) is 0 Å². The molecule has 0 saturated carbocycles. The van der Waals surface area contributed by atoms with Gasteiger partial charge in [-0.1, -0.05) is 200 Å². The maximum Gasteiger partial charge on any atom is 0.344 e. The molecule has 0 aliphatic carbocycles. The van der Waals surface area contributed by atoms with Crippen LogP contribution in [0.15, 0.2) is 326 Å². The molecule has 0 radical (unpaired) electrons. The van der Waals surface area contributed by atoms with Gasteiger partial charge in [-0.25, -0.2) is 9.59 Å². The van der Waals surface area contributed by atoms with Crippen LogP contribution < -0.4 is 21.1 Å². The molecule has 3 aromatic heterocycles. The van der Waals surface area contributed by atoms with Crippen LogP contribution in [0.2, 0.25) is 0 Å². The van der Waals surface area contributed by atoms with Crippen LogP contribution in [0.25, 0.3) is 121 Å². The molecule has 410 valence electrons. The Kier molecular flexibility index (Phi) is 12.4. The van der Waals surface area contributed by atoms with E-state index >= 15 is 0 Å². The van der Waals surface area contributed by atoms with Crippen molar-refractivity contribution in [2.75, 3.05) is 9.80 Å². The molecule has 0 aliphatic rings. The minimum Gasteiger partial charge on any atom is -0.455 e. The molecular formula is C80H50N2O5. The lowest BCUT2D eigenvalue weighted by Crippen LogP contribution is -2.10. The highest BCUT2D eigenvalue weighted by Gasteiger charge is 2.21. The molecule has 0 unspecified atom stereocenters. The normalized spacial score (nSPS) is 11.5. The molecule has 7 nitrogen and oxygen atoms in total. The van der Waals surface area contributed by atoms with Crippen LogP contribution in [-0.4, -0.2) is 0 Å². The maximum atomic E-state index is 13.0. The summed E-state index contributed by atoms with van der Waals surface area (Å²) in [7, 11) is 0. The van der Waals surface area contributed by atoms with Crippen molar-refractivity contribution >= 4 is 99.5 Å². The van der Waals surface area contributed by atoms with Gasteiger partial charge in [-0.05, 0) is 164 Å². The average Bonchev–Trinajstić information content (AvgIpc) is 2.89. The maximum absolute atomic E-state index is 13.0. The van der Waals surface area contributed by atoms with Gasteiger partial charge in [0, 0.05) is 61.2 Å². The van der Waals surface area contributed by atoms with E-state index in [9.17, 15) is 9.59 Å². The van der Waals surface area contributed by atoms with Gasteiger partial charge in [0.25, 0.3) is 0 Å². The first kappa shape index (κ1) is 50.9. The van der Waals surface area contributed by atoms with Gasteiger partial charge in [0.2, 0.25) is 0 Å². The molecule has 0 N–H and O–H groups in total. The van der Waals surface area contributed by atoms with Crippen molar-refractivity contribution in [2.24, 2.45) is 0 Å². The lowest BCUT2D eigenvalue weighted by molar-refractivity contribution is 0.569. The van der Waals surface area contributed by atoms with Gasteiger partial charge in [-0.3, -0.25) is 0 Å². The second-order valence-corrected chi connectivity index (χ2v) is 21.9. The fraction of sp³-hybridized carbons (Fsp3) is 0. The Hall–Kier alpha value is -11.8. The second-order valence-electron chi connectivity index (χ2n) is 21.9. The largest absolute Gasteiger partial charge is 0.455 e. The summed E-state index contributed by atoms with van der Waals surface area (Å²) < 4.78 is 18.5. The number of nitrogens with zero attached hydrogens (tertiary/aromatic N) is 2. The van der Waals surface area contributed by atoms with Gasteiger partial charge in [0.05, 0.1) is 10.8 Å². The van der Waals surface area contributed by atoms with Crippen molar-refractivity contribution < 1.29 is 13.3 Å². The third-order valence-electron chi connectivity index (χ3n) is 16.8. The molecule has 16 rings (SSSR count). The quantitative estimate of drug-likeness (QED) is 0.0943. The number of fused-ring (bicyclic) bond motifs is 9. The first-order valence-corrected chi connectivity index (χ1v) is 29.0. The zero-order chi connectivity index (χ0) is 58.0. The van der Waals surface area contributed by atoms with Crippen LogP contribution in [-0.2, 0) is 0 Å². The summed E-state index contributed by atoms with van der Waals surface area (Å²) in [5.41, 5.74) is 18.8. The molecule has 13 aromatic carbocycles. The summed E-state index contributed by atoms with van der Waals surface area (Å²) in [5, 5.41) is 6.64. The van der Waals surface area contributed by atoms with Gasteiger partial charge in [-0.15, -0.1) is 0 Å². The summed E-state index contributed by atoms with van der Waals surface area (Å²) in [6.45, 7) is 0. The van der Waals surface area contributed by atoms with E-state index < -0.39 is 0 Å². The summed E-state index contributed by atoms with van der Waals surface area (Å²) in [6, 6.07) is 104. The molecule has 0 spiro atoms. The monoisotopic (exact) mass is 1120 g/mol. The Balaban J connectivity index is 0.716. The number of hydrogen-bond donors (Lipinski definition) is 0. The Bertz CT molecular complexity index is 5410. The minimum absolute atomic E-state index is 0.345. The summed E-state index contributed by atoms with van der Waals surface area (Å²) in [5.74, 6) is 0. The number of anilines is 6. The molecule has 87 heavy (non-hydrogen) atoms. The average molecular weight is 1120 g/mol. The van der Waals surface area contributed by atoms with Crippen LogP contribution in [0.5, 0.6) is 0 Å². The summed E-state index contributed by atoms with van der Waals surface area (Å²) >= 11 is 0. The molecule has 16 aromatic rings. The fourth-order valence-corrected chi connectivity index (χ4v) is 12.5. The molecule has 7 heteroatoms. The molecule has 0 amide bonds. The predicted octanol–water partition coefficient (Wildman–Crippen LogP) is 21.4. The van der Waals surface area contributed by atoms with Crippen molar-refractivity contribution in [3.63, 3.8) is 0 Å². The SMILES string of the molecule is O=c1oc2ccc(N(c3ccc(-c4ccccc4)cc3)c3ccc(-c4ccc(-c5cccc6oc7c(-c8ccc(N(c9ccc(-c%10ccccc%10)cc9)c9ccc%10oc(=O)c%11ccccc%11c%10c9)cc8)cccc7c56)cc4)cc3)cc2c2ccccc12. The Morgan fingerprint density at radius 2 is 0.552 bits per heavy atom. The van der Waals surface area contributed by atoms with Gasteiger partial charge in [0.15, 0.2) is 0 Å². The molecule has 0 fully saturated rings. The van der Waals surface area contributed by atoms with E-state index in [4.69, 9.17) is 13.3 Å². The van der Waals surface area contributed by atoms with Crippen molar-refractivity contribution in [3.8, 4) is 55.6 Å². The van der Waals surface area contributed by atoms with Crippen LogP contribution in [0.3, 0.4) is 0 Å². The lowest BCUT2D eigenvalue weighted by Gasteiger charge is -2.26. The molecular weight excluding hydrogens is 1070 g/mol. The highest BCUT2D eigenvalue weighted by Crippen LogP contribution is 2.44. The lowest BCUT2D eigenvalue weighted by atomic mass is 9.95. The number of rotatable bonds is 11. The van der Waals surface area contributed by atoms with Crippen molar-refractivity contribution in [2.45, 2.75) is 0 Å². The second kappa shape index (κ2) is 21.1. The standard InChI is InChI=1S/C80H50N2O5/c83-79-69-19-9-7-17-67(69)72-49-63(45-47-74(72)86-79)81(59-37-29-54(30-38-59)51-13-3-1-4-14-51)61-41-33-56(34-42-61)53-25-27-57(28-26-53)65-21-12-24-76-77(65)71-23-11-22-66(78(71)85-76)58-35-43-62(44-36-58)82(60-39-31-55(32-40-60)52-15-5-2-6-16-52)64-46-48-75-73(50-64)68-18-8-10-20-70(68)80(84)87-75/h1-50H. The molecule has 0 saturated heterocycles. The Morgan fingerprint density at radius 1 is 0.218 bits per heavy atom. The molecule has 0 aliphatic heterocycles. The van der Waals surface area contributed by atoms with Crippen molar-refractivity contribution in [3.05, 3.63) is 324 Å². The third kappa shape index (κ3) is 9.10. The fourth-order valence-electron chi connectivity index (χ4n) is 12.5. The van der Waals surface area contributed by atoms with Gasteiger partial charge in [0.1, 0.15) is 22.3 Å². The molecule has 0 bridgehead atoms. The Labute approximate surface area is 499 Å². The van der Waals surface area contributed by atoms with E-state index in [1.807, 2.05) is 84.9 Å². The predicted molar refractivity (Wildman–Crippen MR) is 357 cm³/mol. The van der Waals surface area contributed by atoms with E-state index in [0.29, 0.717) is 21.9 Å². The van der Waals surface area contributed by atoms with E-state index in [1.165, 1.54) is 0 Å². The Morgan fingerprint density at radius 3 is 1.01 bits per heavy atom. The van der Waals surface area contributed by atoms with Crippen molar-refractivity contribution in [1.82, 2.24) is 0 Å². The highest BCUT2D eigenvalue weighted by molar-refractivity contribution is 6.16. The number of hydrogen-bond acceptors (Lipinski definition) is 7. The first-order chi connectivity index (χ1) is 42.9.